The van der Waals surface area contributed by atoms with Crippen LogP contribution in [0.5, 0.6) is 5.75 Å². The number of carbonyl (C=O) groups is 2. The molecule has 0 radical (unpaired) electrons. The highest BCUT2D eigenvalue weighted by Gasteiger charge is 2.15. The maximum absolute atomic E-state index is 12.4. The predicted molar refractivity (Wildman–Crippen MR) is 104 cm³/mol. The van der Waals surface area contributed by atoms with Gasteiger partial charge in [-0.2, -0.15) is 0 Å². The number of ether oxygens (including phenoxy) is 1. The largest absolute Gasteiger partial charge is 0.481 e. The number of benzene rings is 2. The van der Waals surface area contributed by atoms with Gasteiger partial charge in [0.05, 0.1) is 0 Å². The van der Waals surface area contributed by atoms with Crippen molar-refractivity contribution in [1.82, 2.24) is 5.32 Å². The van der Waals surface area contributed by atoms with Gasteiger partial charge in [-0.1, -0.05) is 31.5 Å². The van der Waals surface area contributed by atoms with E-state index >= 15 is 0 Å². The number of amides is 2. The number of unbranched alkanes of at least 4 members (excludes halogenated alkanes) is 1. The van der Waals surface area contributed by atoms with Crippen molar-refractivity contribution in [2.75, 3.05) is 11.9 Å². The Labute approximate surface area is 154 Å². The number of anilines is 1. The molecule has 0 saturated heterocycles. The van der Waals surface area contributed by atoms with E-state index in [1.165, 1.54) is 0 Å². The molecule has 2 rings (SSSR count). The van der Waals surface area contributed by atoms with Crippen LogP contribution in [0.4, 0.5) is 5.69 Å². The minimum atomic E-state index is -0.654. The lowest BCUT2D eigenvalue weighted by atomic mass is 10.1. The first kappa shape index (κ1) is 19.5. The van der Waals surface area contributed by atoms with Crippen LogP contribution in [0.3, 0.4) is 0 Å². The quantitative estimate of drug-likeness (QED) is 0.706. The summed E-state index contributed by atoms with van der Waals surface area (Å²) in [4.78, 5) is 24.5. The maximum atomic E-state index is 12.4. The highest BCUT2D eigenvalue weighted by atomic mass is 16.5. The number of carbonyl (C=O) groups excluding carboxylic acids is 2. The molecule has 0 aliphatic carbocycles. The van der Waals surface area contributed by atoms with E-state index in [1.807, 2.05) is 31.2 Å². The second-order valence-corrected chi connectivity index (χ2v) is 6.26. The monoisotopic (exact) mass is 354 g/mol. The summed E-state index contributed by atoms with van der Waals surface area (Å²) in [7, 11) is 0. The molecule has 0 saturated carbocycles. The third kappa shape index (κ3) is 5.92. The number of hydrogen-bond donors (Lipinski definition) is 2. The first-order valence-electron chi connectivity index (χ1n) is 8.92. The van der Waals surface area contributed by atoms with E-state index in [9.17, 15) is 9.59 Å². The molecule has 0 spiro atoms. The summed E-state index contributed by atoms with van der Waals surface area (Å²) >= 11 is 0. The van der Waals surface area contributed by atoms with Crippen LogP contribution in [-0.4, -0.2) is 24.5 Å². The SMILES string of the molecule is CCCCNC(=O)c1cccc(NC(=O)C(C)Oc2cccc(C)c2)c1. The van der Waals surface area contributed by atoms with Crippen LogP contribution in [0, 0.1) is 6.92 Å². The van der Waals surface area contributed by atoms with Gasteiger partial charge in [-0.15, -0.1) is 0 Å². The van der Waals surface area contributed by atoms with Gasteiger partial charge in [0.15, 0.2) is 6.10 Å². The molecule has 1 unspecified atom stereocenters. The topological polar surface area (TPSA) is 67.4 Å². The van der Waals surface area contributed by atoms with Gasteiger partial charge in [0.2, 0.25) is 0 Å². The van der Waals surface area contributed by atoms with Crippen molar-refractivity contribution in [2.45, 2.75) is 39.7 Å². The highest BCUT2D eigenvalue weighted by Crippen LogP contribution is 2.16. The van der Waals surface area contributed by atoms with Gasteiger partial charge in [0, 0.05) is 17.8 Å². The standard InChI is InChI=1S/C21H26N2O3/c1-4-5-12-22-21(25)17-9-7-10-18(14-17)23-20(24)16(3)26-19-11-6-8-15(2)13-19/h6-11,13-14,16H,4-5,12H2,1-3H3,(H,22,25)(H,23,24). The Morgan fingerprint density at radius 1 is 1.12 bits per heavy atom. The van der Waals surface area contributed by atoms with Crippen molar-refractivity contribution in [3.05, 3.63) is 59.7 Å². The zero-order chi connectivity index (χ0) is 18.9. The van der Waals surface area contributed by atoms with E-state index in [1.54, 1.807) is 31.2 Å². The fraction of sp³-hybridized carbons (Fsp3) is 0.333. The fourth-order valence-electron chi connectivity index (χ4n) is 2.41. The van der Waals surface area contributed by atoms with E-state index in [2.05, 4.69) is 17.6 Å². The molecule has 0 aliphatic rings. The molecule has 0 aromatic heterocycles. The Kier molecular flexibility index (Phi) is 7.21. The second kappa shape index (κ2) is 9.61. The van der Waals surface area contributed by atoms with Crippen LogP contribution in [-0.2, 0) is 4.79 Å². The van der Waals surface area contributed by atoms with Crippen LogP contribution in [0.15, 0.2) is 48.5 Å². The first-order chi connectivity index (χ1) is 12.5. The van der Waals surface area contributed by atoms with E-state index in [-0.39, 0.29) is 11.8 Å². The zero-order valence-electron chi connectivity index (χ0n) is 15.5. The van der Waals surface area contributed by atoms with Crippen LogP contribution >= 0.6 is 0 Å². The number of nitrogens with one attached hydrogen (secondary N) is 2. The summed E-state index contributed by atoms with van der Waals surface area (Å²) < 4.78 is 5.68. The minimum absolute atomic E-state index is 0.140. The van der Waals surface area contributed by atoms with Crippen LogP contribution < -0.4 is 15.4 Å². The van der Waals surface area contributed by atoms with Crippen molar-refractivity contribution in [2.24, 2.45) is 0 Å². The summed E-state index contributed by atoms with van der Waals surface area (Å²) in [5.74, 6) is 0.241. The van der Waals surface area contributed by atoms with E-state index < -0.39 is 6.10 Å². The summed E-state index contributed by atoms with van der Waals surface area (Å²) in [6, 6.07) is 14.4. The molecule has 0 aliphatic heterocycles. The normalized spacial score (nSPS) is 11.5. The molecule has 1 atom stereocenters. The lowest BCUT2D eigenvalue weighted by Crippen LogP contribution is -2.30. The van der Waals surface area contributed by atoms with E-state index in [0.717, 1.165) is 18.4 Å². The molecule has 2 aromatic rings. The number of aryl methyl sites for hydroxylation is 1. The summed E-state index contributed by atoms with van der Waals surface area (Å²) in [6.45, 7) is 6.38. The third-order valence-corrected chi connectivity index (χ3v) is 3.88. The smallest absolute Gasteiger partial charge is 0.265 e. The van der Waals surface area contributed by atoms with Crippen molar-refractivity contribution in [3.63, 3.8) is 0 Å². The molecule has 26 heavy (non-hydrogen) atoms. The fourth-order valence-corrected chi connectivity index (χ4v) is 2.41. The molecule has 5 heteroatoms. The van der Waals surface area contributed by atoms with Crippen molar-refractivity contribution >= 4 is 17.5 Å². The molecule has 0 bridgehead atoms. The van der Waals surface area contributed by atoms with Crippen LogP contribution in [0.25, 0.3) is 0 Å². The Morgan fingerprint density at radius 3 is 2.62 bits per heavy atom. The molecule has 2 aromatic carbocycles. The average molecular weight is 354 g/mol. The number of hydrogen-bond acceptors (Lipinski definition) is 3. The Hall–Kier alpha value is -2.82. The van der Waals surface area contributed by atoms with Gasteiger partial charge in [0.1, 0.15) is 5.75 Å². The molecule has 0 heterocycles. The molecular weight excluding hydrogens is 328 g/mol. The molecule has 2 N–H and O–H groups in total. The summed E-state index contributed by atoms with van der Waals surface area (Å²) in [6.07, 6.45) is 1.31. The summed E-state index contributed by atoms with van der Waals surface area (Å²) in [5.41, 5.74) is 2.15. The van der Waals surface area contributed by atoms with E-state index in [4.69, 9.17) is 4.74 Å². The van der Waals surface area contributed by atoms with Gasteiger partial charge in [-0.3, -0.25) is 9.59 Å². The lowest BCUT2D eigenvalue weighted by Gasteiger charge is -2.15. The average Bonchev–Trinajstić information content (AvgIpc) is 2.62. The highest BCUT2D eigenvalue weighted by molar-refractivity contribution is 5.98. The van der Waals surface area contributed by atoms with Gasteiger partial charge < -0.3 is 15.4 Å². The molecule has 138 valence electrons. The van der Waals surface area contributed by atoms with Crippen molar-refractivity contribution in [3.8, 4) is 5.75 Å². The third-order valence-electron chi connectivity index (χ3n) is 3.88. The number of rotatable bonds is 8. The molecular formula is C21H26N2O3. The van der Waals surface area contributed by atoms with Gasteiger partial charge in [-0.25, -0.2) is 0 Å². The first-order valence-corrected chi connectivity index (χ1v) is 8.92. The van der Waals surface area contributed by atoms with Crippen LogP contribution in [0.1, 0.15) is 42.6 Å². The zero-order valence-corrected chi connectivity index (χ0v) is 15.5. The maximum Gasteiger partial charge on any atom is 0.265 e. The Morgan fingerprint density at radius 2 is 1.88 bits per heavy atom. The van der Waals surface area contributed by atoms with Gasteiger partial charge in [0.25, 0.3) is 11.8 Å². The predicted octanol–water partition coefficient (Wildman–Crippen LogP) is 3.93. The van der Waals surface area contributed by atoms with Crippen molar-refractivity contribution < 1.29 is 14.3 Å². The molecule has 5 nitrogen and oxygen atoms in total. The minimum Gasteiger partial charge on any atom is -0.481 e. The summed E-state index contributed by atoms with van der Waals surface area (Å²) in [5, 5.41) is 5.66. The molecule has 2 amide bonds. The second-order valence-electron chi connectivity index (χ2n) is 6.26. The lowest BCUT2D eigenvalue weighted by molar-refractivity contribution is -0.122. The Balaban J connectivity index is 1.95. The van der Waals surface area contributed by atoms with Crippen LogP contribution in [0.2, 0.25) is 0 Å². The van der Waals surface area contributed by atoms with Gasteiger partial charge >= 0.3 is 0 Å². The van der Waals surface area contributed by atoms with E-state index in [0.29, 0.717) is 23.5 Å². The van der Waals surface area contributed by atoms with Gasteiger partial charge in [-0.05, 0) is 56.2 Å². The Bertz CT molecular complexity index is 758. The van der Waals surface area contributed by atoms with Crippen molar-refractivity contribution in [1.29, 1.82) is 0 Å². The molecule has 0 fully saturated rings.